The van der Waals surface area contributed by atoms with Crippen molar-refractivity contribution in [1.29, 1.82) is 0 Å². The van der Waals surface area contributed by atoms with Crippen molar-refractivity contribution in [3.63, 3.8) is 0 Å². The van der Waals surface area contributed by atoms with Gasteiger partial charge in [0.05, 0.1) is 23.5 Å². The zero-order chi connectivity index (χ0) is 13.9. The van der Waals surface area contributed by atoms with E-state index in [1.165, 1.54) is 6.42 Å². The maximum Gasteiger partial charge on any atom is 0.248 e. The van der Waals surface area contributed by atoms with Crippen LogP contribution in [0.2, 0.25) is 0 Å². The van der Waals surface area contributed by atoms with Gasteiger partial charge in [0.1, 0.15) is 0 Å². The number of benzene rings is 1. The van der Waals surface area contributed by atoms with E-state index in [-0.39, 0.29) is 12.1 Å². The molecule has 1 aromatic rings. The Kier molecular flexibility index (Phi) is 3.95. The summed E-state index contributed by atoms with van der Waals surface area (Å²) in [6, 6.07) is 4.97. The number of rotatable bonds is 4. The molecule has 0 aliphatic heterocycles. The van der Waals surface area contributed by atoms with Crippen LogP contribution in [0.3, 0.4) is 0 Å². The van der Waals surface area contributed by atoms with Crippen molar-refractivity contribution < 1.29 is 9.90 Å². The third-order valence-corrected chi connectivity index (χ3v) is 3.85. The van der Waals surface area contributed by atoms with E-state index in [1.54, 1.807) is 18.2 Å². The second-order valence-corrected chi connectivity index (χ2v) is 5.29. The monoisotopic (exact) mass is 263 g/mol. The minimum Gasteiger partial charge on any atom is -0.397 e. The molecule has 104 valence electrons. The van der Waals surface area contributed by atoms with E-state index >= 15 is 0 Å². The number of carbonyl (C=O) groups is 1. The number of carbonyl (C=O) groups excluding carboxylic acids is 1. The molecule has 0 bridgehead atoms. The van der Waals surface area contributed by atoms with E-state index in [4.69, 9.17) is 11.5 Å². The Labute approximate surface area is 113 Å². The molecular weight excluding hydrogens is 242 g/mol. The van der Waals surface area contributed by atoms with Gasteiger partial charge in [-0.2, -0.15) is 0 Å². The van der Waals surface area contributed by atoms with Crippen LogP contribution in [0.5, 0.6) is 0 Å². The molecule has 1 amide bonds. The molecule has 1 aliphatic rings. The minimum absolute atomic E-state index is 0.0873. The van der Waals surface area contributed by atoms with Gasteiger partial charge in [0, 0.05) is 5.56 Å². The van der Waals surface area contributed by atoms with E-state index in [1.807, 2.05) is 0 Å². The third-order valence-electron chi connectivity index (χ3n) is 3.85. The van der Waals surface area contributed by atoms with Crippen molar-refractivity contribution >= 4 is 17.3 Å². The van der Waals surface area contributed by atoms with Gasteiger partial charge in [-0.3, -0.25) is 4.79 Å². The molecule has 2 rings (SSSR count). The number of nitrogen functional groups attached to an aromatic ring is 1. The normalized spacial score (nSPS) is 17.9. The van der Waals surface area contributed by atoms with Gasteiger partial charge in [0.15, 0.2) is 0 Å². The van der Waals surface area contributed by atoms with Crippen molar-refractivity contribution in [2.24, 2.45) is 5.73 Å². The summed E-state index contributed by atoms with van der Waals surface area (Å²) in [5.74, 6) is -0.493. The predicted molar refractivity (Wildman–Crippen MR) is 75.9 cm³/mol. The van der Waals surface area contributed by atoms with Crippen LogP contribution in [-0.2, 0) is 0 Å². The Morgan fingerprint density at radius 1 is 1.32 bits per heavy atom. The van der Waals surface area contributed by atoms with Crippen LogP contribution in [0.15, 0.2) is 18.2 Å². The Bertz CT molecular complexity index is 468. The zero-order valence-corrected chi connectivity index (χ0v) is 11.0. The molecule has 1 aromatic carbocycles. The van der Waals surface area contributed by atoms with Crippen molar-refractivity contribution in [3.8, 4) is 0 Å². The van der Waals surface area contributed by atoms with Gasteiger partial charge in [0.2, 0.25) is 5.91 Å². The fraction of sp³-hybridized carbons (Fsp3) is 0.500. The maximum absolute atomic E-state index is 11.1. The number of aliphatic hydroxyl groups excluding tert-OH is 1. The van der Waals surface area contributed by atoms with Gasteiger partial charge in [-0.1, -0.05) is 19.3 Å². The second kappa shape index (κ2) is 5.48. The first-order valence-electron chi connectivity index (χ1n) is 6.65. The summed E-state index contributed by atoms with van der Waals surface area (Å²) in [4.78, 5) is 11.1. The molecule has 0 heterocycles. The molecule has 5 nitrogen and oxygen atoms in total. The highest BCUT2D eigenvalue weighted by Gasteiger charge is 2.31. The lowest BCUT2D eigenvalue weighted by Gasteiger charge is -2.37. The van der Waals surface area contributed by atoms with Gasteiger partial charge in [-0.15, -0.1) is 0 Å². The second-order valence-electron chi connectivity index (χ2n) is 5.29. The van der Waals surface area contributed by atoms with Gasteiger partial charge in [-0.25, -0.2) is 0 Å². The number of amides is 1. The smallest absolute Gasteiger partial charge is 0.248 e. The first kappa shape index (κ1) is 13.7. The molecule has 5 heteroatoms. The highest BCUT2D eigenvalue weighted by molar-refractivity contribution is 5.94. The number of primary amides is 1. The Hall–Kier alpha value is -1.75. The minimum atomic E-state index is -0.493. The summed E-state index contributed by atoms with van der Waals surface area (Å²) in [6.45, 7) is 0.0873. The average Bonchev–Trinajstić information content (AvgIpc) is 2.42. The lowest BCUT2D eigenvalue weighted by molar-refractivity contribution is 0.100. The molecule has 19 heavy (non-hydrogen) atoms. The third kappa shape index (κ3) is 2.98. The first-order chi connectivity index (χ1) is 9.06. The fourth-order valence-electron chi connectivity index (χ4n) is 2.67. The highest BCUT2D eigenvalue weighted by Crippen LogP contribution is 2.33. The van der Waals surface area contributed by atoms with Crippen LogP contribution in [0.25, 0.3) is 0 Å². The van der Waals surface area contributed by atoms with Crippen molar-refractivity contribution in [2.75, 3.05) is 17.7 Å². The molecule has 0 aromatic heterocycles. The summed E-state index contributed by atoms with van der Waals surface area (Å²) >= 11 is 0. The lowest BCUT2D eigenvalue weighted by Crippen LogP contribution is -2.44. The van der Waals surface area contributed by atoms with Crippen molar-refractivity contribution in [1.82, 2.24) is 0 Å². The van der Waals surface area contributed by atoms with Crippen LogP contribution in [-0.4, -0.2) is 23.2 Å². The van der Waals surface area contributed by atoms with Crippen LogP contribution in [0.1, 0.15) is 42.5 Å². The molecule has 0 unspecified atom stereocenters. The van der Waals surface area contributed by atoms with Crippen LogP contribution in [0.4, 0.5) is 11.4 Å². The summed E-state index contributed by atoms with van der Waals surface area (Å²) in [7, 11) is 0. The number of nitrogens with two attached hydrogens (primary N) is 2. The average molecular weight is 263 g/mol. The molecule has 0 atom stereocenters. The standard InChI is InChI=1S/C14H21N3O2/c15-11-8-10(13(16)19)4-5-12(11)17-14(9-18)6-2-1-3-7-14/h4-5,8,17-18H,1-3,6-7,9,15H2,(H2,16,19). The van der Waals surface area contributed by atoms with E-state index in [0.717, 1.165) is 31.4 Å². The zero-order valence-electron chi connectivity index (χ0n) is 11.0. The largest absolute Gasteiger partial charge is 0.397 e. The Morgan fingerprint density at radius 2 is 2.00 bits per heavy atom. The van der Waals surface area contributed by atoms with Crippen LogP contribution >= 0.6 is 0 Å². The lowest BCUT2D eigenvalue weighted by atomic mass is 9.82. The summed E-state index contributed by atoms with van der Waals surface area (Å²) in [5, 5.41) is 13.0. The van der Waals surface area contributed by atoms with Gasteiger partial charge in [-0.05, 0) is 31.0 Å². The maximum atomic E-state index is 11.1. The van der Waals surface area contributed by atoms with Crippen LogP contribution in [0, 0.1) is 0 Å². The summed E-state index contributed by atoms with van der Waals surface area (Å²) in [5.41, 5.74) is 12.5. The number of nitrogens with one attached hydrogen (secondary N) is 1. The van der Waals surface area contributed by atoms with E-state index in [9.17, 15) is 9.90 Å². The number of hydrogen-bond acceptors (Lipinski definition) is 4. The number of anilines is 2. The topological polar surface area (TPSA) is 101 Å². The fourth-order valence-corrected chi connectivity index (χ4v) is 2.67. The number of hydrogen-bond donors (Lipinski definition) is 4. The first-order valence-corrected chi connectivity index (χ1v) is 6.65. The van der Waals surface area contributed by atoms with Crippen molar-refractivity contribution in [2.45, 2.75) is 37.6 Å². The molecular formula is C14H21N3O2. The van der Waals surface area contributed by atoms with Gasteiger partial charge >= 0.3 is 0 Å². The SMILES string of the molecule is NC(=O)c1ccc(NC2(CO)CCCCC2)c(N)c1. The van der Waals surface area contributed by atoms with E-state index in [2.05, 4.69) is 5.32 Å². The van der Waals surface area contributed by atoms with E-state index in [0.29, 0.717) is 11.3 Å². The molecule has 6 N–H and O–H groups in total. The molecule has 1 fully saturated rings. The van der Waals surface area contributed by atoms with E-state index < -0.39 is 5.91 Å². The molecule has 0 radical (unpaired) electrons. The summed E-state index contributed by atoms with van der Waals surface area (Å²) < 4.78 is 0. The predicted octanol–water partition coefficient (Wildman–Crippen LogP) is 1.47. The van der Waals surface area contributed by atoms with Crippen LogP contribution < -0.4 is 16.8 Å². The van der Waals surface area contributed by atoms with Crippen molar-refractivity contribution in [3.05, 3.63) is 23.8 Å². The van der Waals surface area contributed by atoms with Gasteiger partial charge < -0.3 is 21.9 Å². The highest BCUT2D eigenvalue weighted by atomic mass is 16.3. The molecule has 1 saturated carbocycles. The molecule has 1 aliphatic carbocycles. The number of aliphatic hydroxyl groups is 1. The van der Waals surface area contributed by atoms with Gasteiger partial charge in [0.25, 0.3) is 0 Å². The molecule has 0 spiro atoms. The Balaban J connectivity index is 2.20. The summed E-state index contributed by atoms with van der Waals surface area (Å²) in [6.07, 6.45) is 5.28. The molecule has 0 saturated heterocycles. The quantitative estimate of drug-likeness (QED) is 0.618. The Morgan fingerprint density at radius 3 is 2.53 bits per heavy atom.